The Morgan fingerprint density at radius 2 is 2.07 bits per heavy atom. The molecule has 2 rings (SSSR count). The first kappa shape index (κ1) is 23.9. The molecule has 1 N–H and O–H groups in total. The number of ether oxygens (including phenoxy) is 2. The Hall–Kier alpha value is -2.40. The number of anilines is 1. The second kappa shape index (κ2) is 11.1. The van der Waals surface area contributed by atoms with E-state index in [-0.39, 0.29) is 22.9 Å². The van der Waals surface area contributed by atoms with Gasteiger partial charge in [-0.3, -0.25) is 19.7 Å². The van der Waals surface area contributed by atoms with Crippen LogP contribution in [0.1, 0.15) is 26.7 Å². The maximum Gasteiger partial charge on any atom is 0.317 e. The lowest BCUT2D eigenvalue weighted by Gasteiger charge is -2.31. The summed E-state index contributed by atoms with van der Waals surface area (Å²) in [6, 6.07) is 3.82. The molecule has 0 radical (unpaired) electrons. The third-order valence-electron chi connectivity index (χ3n) is 4.68. The molecule has 1 fully saturated rings. The summed E-state index contributed by atoms with van der Waals surface area (Å²) in [6.07, 6.45) is 1.05. The number of amides is 1. The van der Waals surface area contributed by atoms with E-state index in [1.165, 1.54) is 44.0 Å². The Kier molecular flexibility index (Phi) is 8.85. The van der Waals surface area contributed by atoms with Gasteiger partial charge in [-0.15, -0.1) is 0 Å². The van der Waals surface area contributed by atoms with E-state index in [0.29, 0.717) is 10.2 Å². The zero-order chi connectivity index (χ0) is 22.3. The number of benzene rings is 1. The molecule has 0 saturated carbocycles. The van der Waals surface area contributed by atoms with Crippen molar-refractivity contribution in [3.05, 3.63) is 28.3 Å². The van der Waals surface area contributed by atoms with Crippen molar-refractivity contribution in [1.29, 1.82) is 0 Å². The van der Waals surface area contributed by atoms with Crippen molar-refractivity contribution in [2.75, 3.05) is 31.3 Å². The van der Waals surface area contributed by atoms with E-state index >= 15 is 0 Å². The number of non-ortho nitro benzene ring substituents is 1. The molecule has 0 bridgehead atoms. The third kappa shape index (κ3) is 6.84. The van der Waals surface area contributed by atoms with Gasteiger partial charge in [0.2, 0.25) is 0 Å². The predicted octanol–water partition coefficient (Wildman–Crippen LogP) is 3.22. The van der Waals surface area contributed by atoms with E-state index in [9.17, 15) is 19.7 Å². The summed E-state index contributed by atoms with van der Waals surface area (Å²) >= 11 is 6.59. The van der Waals surface area contributed by atoms with E-state index in [1.807, 2.05) is 0 Å². The van der Waals surface area contributed by atoms with Crippen LogP contribution in [0.2, 0.25) is 0 Å². The van der Waals surface area contributed by atoms with Gasteiger partial charge in [0.05, 0.1) is 23.5 Å². The van der Waals surface area contributed by atoms with Crippen molar-refractivity contribution in [2.45, 2.75) is 32.8 Å². The first-order chi connectivity index (χ1) is 14.2. The average Bonchev–Trinajstić information content (AvgIpc) is 2.72. The van der Waals surface area contributed by atoms with Gasteiger partial charge in [-0.05, 0) is 31.7 Å². The summed E-state index contributed by atoms with van der Waals surface area (Å²) in [4.78, 5) is 36.9. The highest BCUT2D eigenvalue weighted by atomic mass is 32.2. The minimum Gasteiger partial charge on any atom is -0.495 e. The molecule has 1 unspecified atom stereocenters. The van der Waals surface area contributed by atoms with Gasteiger partial charge >= 0.3 is 5.97 Å². The van der Waals surface area contributed by atoms with E-state index in [1.54, 1.807) is 0 Å². The van der Waals surface area contributed by atoms with Crippen molar-refractivity contribution in [3.8, 4) is 5.75 Å². The van der Waals surface area contributed by atoms with Crippen LogP contribution in [-0.4, -0.2) is 58.1 Å². The monoisotopic (exact) mass is 455 g/mol. The standard InChI is InChI=1S/C19H25N3O6S2/c1-12-6-8-21(9-7-12)19(29)30-11-17(23)28-13(2)18(24)20-15-10-14(22(25)26)4-5-16(15)27-3/h4-5,10,12-13H,6-9,11H2,1-3H3,(H,20,24). The van der Waals surface area contributed by atoms with Crippen molar-refractivity contribution in [1.82, 2.24) is 4.90 Å². The molecule has 0 spiro atoms. The van der Waals surface area contributed by atoms with Crippen LogP contribution >= 0.6 is 24.0 Å². The summed E-state index contributed by atoms with van der Waals surface area (Å²) in [7, 11) is 1.38. The number of nitro groups is 1. The number of nitro benzene ring substituents is 1. The summed E-state index contributed by atoms with van der Waals surface area (Å²) in [6.45, 7) is 5.39. The van der Waals surface area contributed by atoms with Gasteiger partial charge in [-0.1, -0.05) is 30.9 Å². The molecule has 1 heterocycles. The second-order valence-corrected chi connectivity index (χ2v) is 8.60. The number of esters is 1. The Labute approximate surface area is 184 Å². The van der Waals surface area contributed by atoms with Crippen molar-refractivity contribution < 1.29 is 24.0 Å². The number of thiocarbonyl (C=S) groups is 1. The highest BCUT2D eigenvalue weighted by molar-refractivity contribution is 8.23. The minimum atomic E-state index is -1.09. The molecule has 1 amide bonds. The molecule has 9 nitrogen and oxygen atoms in total. The number of likely N-dealkylation sites (tertiary alicyclic amines) is 1. The molecule has 11 heteroatoms. The molecule has 1 saturated heterocycles. The smallest absolute Gasteiger partial charge is 0.317 e. The summed E-state index contributed by atoms with van der Waals surface area (Å²) in [5, 5.41) is 13.4. The Morgan fingerprint density at radius 3 is 2.67 bits per heavy atom. The number of carbonyl (C=O) groups excluding carboxylic acids is 2. The summed E-state index contributed by atoms with van der Waals surface area (Å²) in [5.41, 5.74) is -0.0813. The van der Waals surface area contributed by atoms with Gasteiger partial charge in [0.1, 0.15) is 10.1 Å². The molecule has 1 atom stereocenters. The Bertz CT molecular complexity index is 811. The zero-order valence-corrected chi connectivity index (χ0v) is 18.7. The molecule has 0 aromatic heterocycles. The van der Waals surface area contributed by atoms with Crippen LogP contribution in [0.4, 0.5) is 11.4 Å². The number of rotatable bonds is 7. The van der Waals surface area contributed by atoms with Crippen molar-refractivity contribution in [2.24, 2.45) is 5.92 Å². The van der Waals surface area contributed by atoms with E-state index < -0.39 is 22.9 Å². The number of nitrogens with zero attached hydrogens (tertiary/aromatic N) is 2. The Morgan fingerprint density at radius 1 is 1.40 bits per heavy atom. The normalized spacial score (nSPS) is 15.2. The molecule has 1 aromatic rings. The number of hydrogen-bond acceptors (Lipinski definition) is 8. The van der Waals surface area contributed by atoms with Crippen LogP contribution in [0.15, 0.2) is 18.2 Å². The second-order valence-electron chi connectivity index (χ2n) is 6.99. The lowest BCUT2D eigenvalue weighted by atomic mass is 10.00. The fourth-order valence-electron chi connectivity index (χ4n) is 2.83. The SMILES string of the molecule is COc1ccc([N+](=O)[O-])cc1NC(=O)C(C)OC(=O)CSC(=S)N1CCC(C)CC1. The van der Waals surface area contributed by atoms with Crippen molar-refractivity contribution >= 4 is 51.6 Å². The third-order valence-corrected chi connectivity index (χ3v) is 6.18. The van der Waals surface area contributed by atoms with Gasteiger partial charge in [0, 0.05) is 25.2 Å². The average molecular weight is 456 g/mol. The van der Waals surface area contributed by atoms with Crippen molar-refractivity contribution in [3.63, 3.8) is 0 Å². The molecular weight excluding hydrogens is 430 g/mol. The van der Waals surface area contributed by atoms with Crippen LogP contribution in [-0.2, 0) is 14.3 Å². The summed E-state index contributed by atoms with van der Waals surface area (Å²) < 4.78 is 10.9. The Balaban J connectivity index is 1.85. The van der Waals surface area contributed by atoms with E-state index in [2.05, 4.69) is 17.1 Å². The summed E-state index contributed by atoms with van der Waals surface area (Å²) in [5.74, 6) is -0.253. The van der Waals surface area contributed by atoms with Crippen LogP contribution in [0.5, 0.6) is 5.75 Å². The van der Waals surface area contributed by atoms with E-state index in [4.69, 9.17) is 21.7 Å². The molecule has 1 aliphatic rings. The zero-order valence-electron chi connectivity index (χ0n) is 17.1. The largest absolute Gasteiger partial charge is 0.495 e. The van der Waals surface area contributed by atoms with E-state index in [0.717, 1.165) is 25.9 Å². The first-order valence-electron chi connectivity index (χ1n) is 9.45. The highest BCUT2D eigenvalue weighted by Gasteiger charge is 2.23. The van der Waals surface area contributed by atoms with Gasteiger partial charge in [0.15, 0.2) is 6.10 Å². The number of piperidine rings is 1. The van der Waals surface area contributed by atoms with Gasteiger partial charge in [0.25, 0.3) is 11.6 Å². The fourth-order valence-corrected chi connectivity index (χ4v) is 3.86. The van der Waals surface area contributed by atoms with Crippen LogP contribution in [0.25, 0.3) is 0 Å². The first-order valence-corrected chi connectivity index (χ1v) is 10.8. The van der Waals surface area contributed by atoms with Crippen LogP contribution < -0.4 is 10.1 Å². The predicted molar refractivity (Wildman–Crippen MR) is 119 cm³/mol. The van der Waals surface area contributed by atoms with Gasteiger partial charge in [-0.2, -0.15) is 0 Å². The quantitative estimate of drug-likeness (QED) is 0.287. The lowest BCUT2D eigenvalue weighted by Crippen LogP contribution is -2.36. The lowest BCUT2D eigenvalue weighted by molar-refractivity contribution is -0.384. The van der Waals surface area contributed by atoms with Crippen LogP contribution in [0.3, 0.4) is 0 Å². The molecular formula is C19H25N3O6S2. The molecule has 1 aliphatic heterocycles. The number of methoxy groups -OCH3 is 1. The molecule has 164 valence electrons. The number of thioether (sulfide) groups is 1. The molecule has 0 aliphatic carbocycles. The van der Waals surface area contributed by atoms with Gasteiger partial charge in [-0.25, -0.2) is 0 Å². The fraction of sp³-hybridized carbons (Fsp3) is 0.526. The maximum absolute atomic E-state index is 12.4. The van der Waals surface area contributed by atoms with Crippen LogP contribution in [0, 0.1) is 16.0 Å². The topological polar surface area (TPSA) is 111 Å². The minimum absolute atomic E-state index is 0.00262. The molecule has 30 heavy (non-hydrogen) atoms. The molecule has 1 aromatic carbocycles. The number of carbonyl (C=O) groups is 2. The number of hydrogen-bond donors (Lipinski definition) is 1. The van der Waals surface area contributed by atoms with Gasteiger partial charge < -0.3 is 19.7 Å². The number of nitrogens with one attached hydrogen (secondary N) is 1. The maximum atomic E-state index is 12.4. The highest BCUT2D eigenvalue weighted by Crippen LogP contribution is 2.29.